The maximum Gasteiger partial charge on any atom is 0.119 e. The quantitative estimate of drug-likeness (QED) is 0.586. The standard InChI is InChI=1S/C15H17NO/c1-11-7-13-9-15(10-16,5-3-4-6-17)14(13)8-12(11)2/h6-8H,3-5,9H2,1-2H3. The van der Waals surface area contributed by atoms with Crippen molar-refractivity contribution in [2.75, 3.05) is 0 Å². The van der Waals surface area contributed by atoms with Crippen molar-refractivity contribution in [2.24, 2.45) is 0 Å². The molecule has 0 bridgehead atoms. The van der Waals surface area contributed by atoms with Gasteiger partial charge in [-0.25, -0.2) is 0 Å². The van der Waals surface area contributed by atoms with E-state index in [-0.39, 0.29) is 5.41 Å². The number of rotatable bonds is 4. The van der Waals surface area contributed by atoms with Crippen LogP contribution in [0.3, 0.4) is 0 Å². The van der Waals surface area contributed by atoms with Gasteiger partial charge < -0.3 is 4.79 Å². The zero-order chi connectivity index (χ0) is 12.5. The Balaban J connectivity index is 2.26. The van der Waals surface area contributed by atoms with Gasteiger partial charge in [-0.15, -0.1) is 0 Å². The fourth-order valence-corrected chi connectivity index (χ4v) is 2.65. The van der Waals surface area contributed by atoms with Crippen molar-refractivity contribution in [1.29, 1.82) is 5.26 Å². The number of carbonyl (C=O) groups excluding carboxylic acids is 1. The highest BCUT2D eigenvalue weighted by Crippen LogP contribution is 2.45. The van der Waals surface area contributed by atoms with E-state index >= 15 is 0 Å². The van der Waals surface area contributed by atoms with Gasteiger partial charge in [0.15, 0.2) is 0 Å². The first kappa shape index (κ1) is 11.9. The topological polar surface area (TPSA) is 40.9 Å². The highest BCUT2D eigenvalue weighted by molar-refractivity contribution is 5.54. The summed E-state index contributed by atoms with van der Waals surface area (Å²) in [6.07, 6.45) is 3.95. The second-order valence-corrected chi connectivity index (χ2v) is 5.02. The maximum atomic E-state index is 10.3. The lowest BCUT2D eigenvalue weighted by Gasteiger charge is -2.39. The molecule has 1 unspecified atom stereocenters. The Morgan fingerprint density at radius 3 is 2.76 bits per heavy atom. The number of hydrogen-bond acceptors (Lipinski definition) is 2. The monoisotopic (exact) mass is 227 g/mol. The van der Waals surface area contributed by atoms with Crippen LogP contribution in [0, 0.1) is 25.2 Å². The first-order chi connectivity index (χ1) is 8.13. The molecule has 0 heterocycles. The van der Waals surface area contributed by atoms with Crippen LogP contribution in [0.2, 0.25) is 0 Å². The Hall–Kier alpha value is -1.62. The highest BCUT2D eigenvalue weighted by atomic mass is 16.1. The van der Waals surface area contributed by atoms with E-state index in [2.05, 4.69) is 32.0 Å². The average Bonchev–Trinajstić information content (AvgIpc) is 2.31. The summed E-state index contributed by atoms with van der Waals surface area (Å²) < 4.78 is 0. The predicted molar refractivity (Wildman–Crippen MR) is 66.8 cm³/mol. The third kappa shape index (κ3) is 1.86. The molecule has 0 N–H and O–H groups in total. The molecule has 0 aliphatic heterocycles. The van der Waals surface area contributed by atoms with E-state index in [4.69, 9.17) is 0 Å². The Kier molecular flexibility index (Phi) is 3.02. The number of hydrogen-bond donors (Lipinski definition) is 0. The summed E-state index contributed by atoms with van der Waals surface area (Å²) in [4.78, 5) is 10.3. The third-order valence-corrected chi connectivity index (χ3v) is 3.87. The summed E-state index contributed by atoms with van der Waals surface area (Å²) in [5.74, 6) is 0. The number of fused-ring (bicyclic) bond motifs is 1. The highest BCUT2D eigenvalue weighted by Gasteiger charge is 2.42. The van der Waals surface area contributed by atoms with Gasteiger partial charge in [-0.2, -0.15) is 5.26 Å². The van der Waals surface area contributed by atoms with Crippen molar-refractivity contribution in [3.8, 4) is 6.07 Å². The predicted octanol–water partition coefficient (Wildman–Crippen LogP) is 2.99. The summed E-state index contributed by atoms with van der Waals surface area (Å²) in [7, 11) is 0. The smallest absolute Gasteiger partial charge is 0.119 e. The van der Waals surface area contributed by atoms with E-state index in [1.807, 2.05) is 0 Å². The Morgan fingerprint density at radius 1 is 1.41 bits per heavy atom. The molecular formula is C15H17NO. The van der Waals surface area contributed by atoms with E-state index in [9.17, 15) is 10.1 Å². The molecule has 0 amide bonds. The molecule has 0 fully saturated rings. The Morgan fingerprint density at radius 2 is 2.12 bits per heavy atom. The molecule has 2 rings (SSSR count). The van der Waals surface area contributed by atoms with E-state index in [1.54, 1.807) is 0 Å². The third-order valence-electron chi connectivity index (χ3n) is 3.87. The summed E-state index contributed by atoms with van der Waals surface area (Å²) in [6.45, 7) is 4.19. The van der Waals surface area contributed by atoms with Crippen LogP contribution < -0.4 is 0 Å². The minimum atomic E-state index is -0.323. The lowest BCUT2D eigenvalue weighted by Crippen LogP contribution is -2.37. The molecule has 1 aliphatic carbocycles. The molecule has 1 aromatic rings. The molecule has 88 valence electrons. The van der Waals surface area contributed by atoms with Gasteiger partial charge in [0.25, 0.3) is 0 Å². The van der Waals surface area contributed by atoms with Crippen LogP contribution >= 0.6 is 0 Å². The molecule has 2 heteroatoms. The van der Waals surface area contributed by atoms with Gasteiger partial charge in [-0.3, -0.25) is 0 Å². The number of aryl methyl sites for hydroxylation is 2. The van der Waals surface area contributed by atoms with Crippen LogP contribution in [0.1, 0.15) is 41.5 Å². The molecule has 1 atom stereocenters. The SMILES string of the molecule is Cc1cc2c(cc1C)C(C#N)(CCCC=O)C2. The summed E-state index contributed by atoms with van der Waals surface area (Å²) in [6, 6.07) is 6.81. The molecule has 17 heavy (non-hydrogen) atoms. The lowest BCUT2D eigenvalue weighted by molar-refractivity contribution is -0.108. The molecule has 2 nitrogen and oxygen atoms in total. The van der Waals surface area contributed by atoms with Gasteiger partial charge >= 0.3 is 0 Å². The van der Waals surface area contributed by atoms with Gasteiger partial charge in [0.1, 0.15) is 6.29 Å². The zero-order valence-corrected chi connectivity index (χ0v) is 10.4. The Bertz CT molecular complexity index is 498. The van der Waals surface area contributed by atoms with E-state index < -0.39 is 0 Å². The van der Waals surface area contributed by atoms with Crippen molar-refractivity contribution in [1.82, 2.24) is 0 Å². The van der Waals surface area contributed by atoms with Crippen molar-refractivity contribution >= 4 is 6.29 Å². The van der Waals surface area contributed by atoms with Gasteiger partial charge in [-0.1, -0.05) is 12.1 Å². The van der Waals surface area contributed by atoms with Crippen molar-refractivity contribution in [3.05, 3.63) is 34.4 Å². The first-order valence-corrected chi connectivity index (χ1v) is 6.08. The number of nitrogens with zero attached hydrogens (tertiary/aromatic N) is 1. The van der Waals surface area contributed by atoms with Crippen molar-refractivity contribution < 1.29 is 4.79 Å². The van der Waals surface area contributed by atoms with Crippen molar-refractivity contribution in [3.63, 3.8) is 0 Å². The van der Waals surface area contributed by atoms with Crippen LogP contribution in [0.15, 0.2) is 12.1 Å². The zero-order valence-electron chi connectivity index (χ0n) is 10.4. The molecule has 1 aliphatic rings. The second-order valence-electron chi connectivity index (χ2n) is 5.02. The average molecular weight is 227 g/mol. The number of aldehydes is 1. The van der Waals surface area contributed by atoms with Crippen LogP contribution in [0.5, 0.6) is 0 Å². The first-order valence-electron chi connectivity index (χ1n) is 6.08. The summed E-state index contributed by atoms with van der Waals surface area (Å²) in [5, 5.41) is 9.40. The molecular weight excluding hydrogens is 210 g/mol. The fourth-order valence-electron chi connectivity index (χ4n) is 2.65. The van der Waals surface area contributed by atoms with Crippen LogP contribution in [0.4, 0.5) is 0 Å². The van der Waals surface area contributed by atoms with Crippen molar-refractivity contribution in [2.45, 2.75) is 44.9 Å². The fraction of sp³-hybridized carbons (Fsp3) is 0.467. The van der Waals surface area contributed by atoms with Crippen LogP contribution in [0.25, 0.3) is 0 Å². The summed E-state index contributed by atoms with van der Waals surface area (Å²) >= 11 is 0. The van der Waals surface area contributed by atoms with E-state index in [0.29, 0.717) is 6.42 Å². The Labute approximate surface area is 102 Å². The van der Waals surface area contributed by atoms with E-state index in [0.717, 1.165) is 25.5 Å². The van der Waals surface area contributed by atoms with E-state index in [1.165, 1.54) is 22.3 Å². The number of unbranched alkanes of at least 4 members (excludes halogenated alkanes) is 1. The van der Waals surface area contributed by atoms with Crippen LogP contribution in [-0.2, 0) is 16.6 Å². The van der Waals surface area contributed by atoms with Gasteiger partial charge in [0, 0.05) is 6.42 Å². The summed E-state index contributed by atoms with van der Waals surface area (Å²) in [5.41, 5.74) is 4.72. The minimum absolute atomic E-state index is 0.323. The van der Waals surface area contributed by atoms with Crippen LogP contribution in [-0.4, -0.2) is 6.29 Å². The largest absolute Gasteiger partial charge is 0.303 e. The number of nitriles is 1. The van der Waals surface area contributed by atoms with Gasteiger partial charge in [0.05, 0.1) is 11.5 Å². The molecule has 0 spiro atoms. The van der Waals surface area contributed by atoms with Gasteiger partial charge in [-0.05, 0) is 55.4 Å². The number of benzene rings is 1. The maximum absolute atomic E-state index is 10.3. The number of carbonyl (C=O) groups is 1. The van der Waals surface area contributed by atoms with Gasteiger partial charge in [0.2, 0.25) is 0 Å². The minimum Gasteiger partial charge on any atom is -0.303 e. The second kappa shape index (κ2) is 4.33. The molecule has 0 aromatic heterocycles. The normalized spacial score (nSPS) is 21.2. The molecule has 0 radical (unpaired) electrons. The molecule has 1 aromatic carbocycles. The molecule has 0 saturated heterocycles. The molecule has 0 saturated carbocycles. The lowest BCUT2D eigenvalue weighted by atomic mass is 9.62.